The van der Waals surface area contributed by atoms with Gasteiger partial charge in [0, 0.05) is 31.1 Å². The minimum atomic E-state index is -0.387. The third-order valence-electron chi connectivity index (χ3n) is 5.35. The minimum Gasteiger partial charge on any atom is -0.344 e. The van der Waals surface area contributed by atoms with Gasteiger partial charge in [-0.1, -0.05) is 42.0 Å². The molecule has 0 saturated heterocycles. The van der Waals surface area contributed by atoms with E-state index in [1.165, 1.54) is 18.2 Å². The fraction of sp³-hybridized carbons (Fsp3) is 0.154. The molecule has 0 aliphatic carbocycles. The van der Waals surface area contributed by atoms with Gasteiger partial charge in [-0.3, -0.25) is 24.5 Å². The summed E-state index contributed by atoms with van der Waals surface area (Å²) in [4.78, 5) is 44.5. The summed E-state index contributed by atoms with van der Waals surface area (Å²) in [5.74, 6) is -0.255. The average Bonchev–Trinajstić information content (AvgIpc) is 2.86. The molecule has 8 heteroatoms. The summed E-state index contributed by atoms with van der Waals surface area (Å²) in [6.07, 6.45) is 7.69. The van der Waals surface area contributed by atoms with Crippen molar-refractivity contribution in [2.24, 2.45) is 0 Å². The highest BCUT2D eigenvalue weighted by molar-refractivity contribution is 6.11. The summed E-state index contributed by atoms with van der Waals surface area (Å²) in [5.41, 5.74) is 4.12. The van der Waals surface area contributed by atoms with Gasteiger partial charge >= 0.3 is 0 Å². The second kappa shape index (κ2) is 9.99. The summed E-state index contributed by atoms with van der Waals surface area (Å²) < 4.78 is 0. The molecule has 34 heavy (non-hydrogen) atoms. The zero-order chi connectivity index (χ0) is 24.1. The zero-order valence-electron chi connectivity index (χ0n) is 19.1. The Labute approximate surface area is 197 Å². The number of hydrogen-bond donors (Lipinski definition) is 1. The first-order chi connectivity index (χ1) is 16.5. The van der Waals surface area contributed by atoms with Crippen LogP contribution in [0.5, 0.6) is 0 Å². The van der Waals surface area contributed by atoms with Crippen molar-refractivity contribution in [3.63, 3.8) is 0 Å². The highest BCUT2D eigenvalue weighted by Crippen LogP contribution is 2.38. The van der Waals surface area contributed by atoms with Crippen molar-refractivity contribution in [1.29, 1.82) is 0 Å². The first-order valence-corrected chi connectivity index (χ1v) is 10.8. The topological polar surface area (TPSA) is 101 Å². The number of anilines is 2. The molecule has 0 aliphatic heterocycles. The smallest absolute Gasteiger partial charge is 0.253 e. The van der Waals surface area contributed by atoms with Crippen LogP contribution in [0.2, 0.25) is 0 Å². The van der Waals surface area contributed by atoms with Crippen LogP contribution in [0.4, 0.5) is 11.5 Å². The predicted octanol–water partition coefficient (Wildman–Crippen LogP) is 4.42. The molecule has 1 unspecified atom stereocenters. The Bertz CT molecular complexity index is 1290. The molecule has 170 valence electrons. The number of nitrogens with one attached hydrogen (secondary N) is 1. The van der Waals surface area contributed by atoms with Gasteiger partial charge in [0.05, 0.1) is 29.2 Å². The number of aryl methyl sites for hydroxylation is 1. The van der Waals surface area contributed by atoms with Gasteiger partial charge in [0.1, 0.15) is 12.1 Å². The molecule has 0 aliphatic rings. The number of nitrogens with zero attached hydrogens (tertiary/aromatic N) is 5. The molecular formula is C26H24N6O2. The Hall–Kier alpha value is -4.46. The molecule has 2 aromatic carbocycles. The molecule has 2 heterocycles. The molecule has 4 rings (SSSR count). The fourth-order valence-corrected chi connectivity index (χ4v) is 3.67. The predicted molar refractivity (Wildman–Crippen MR) is 129 cm³/mol. The average molecular weight is 453 g/mol. The number of rotatable bonds is 6. The summed E-state index contributed by atoms with van der Waals surface area (Å²) in [5, 5.41) is 2.97. The minimum absolute atomic E-state index is 0.283. The molecule has 1 atom stereocenters. The van der Waals surface area contributed by atoms with Crippen molar-refractivity contribution in [3.8, 4) is 11.1 Å². The molecule has 0 bridgehead atoms. The van der Waals surface area contributed by atoms with E-state index in [2.05, 4.69) is 25.3 Å². The zero-order valence-corrected chi connectivity index (χ0v) is 19.1. The van der Waals surface area contributed by atoms with Crippen LogP contribution in [0.15, 0.2) is 79.6 Å². The Kier molecular flexibility index (Phi) is 6.68. The molecular weight excluding hydrogens is 428 g/mol. The number of benzene rings is 2. The number of amides is 2. The van der Waals surface area contributed by atoms with Crippen LogP contribution in [0, 0.1) is 6.92 Å². The van der Waals surface area contributed by atoms with Gasteiger partial charge in [-0.2, -0.15) is 0 Å². The van der Waals surface area contributed by atoms with Crippen molar-refractivity contribution in [1.82, 2.24) is 25.3 Å². The van der Waals surface area contributed by atoms with Crippen LogP contribution in [0.1, 0.15) is 41.5 Å². The Morgan fingerprint density at radius 3 is 2.38 bits per heavy atom. The monoisotopic (exact) mass is 452 g/mol. The van der Waals surface area contributed by atoms with Gasteiger partial charge in [-0.15, -0.1) is 0 Å². The number of aromatic nitrogens is 4. The van der Waals surface area contributed by atoms with Gasteiger partial charge in [-0.25, -0.2) is 9.97 Å². The van der Waals surface area contributed by atoms with E-state index in [0.717, 1.165) is 16.7 Å². The van der Waals surface area contributed by atoms with Crippen molar-refractivity contribution in [3.05, 3.63) is 96.5 Å². The largest absolute Gasteiger partial charge is 0.344 e. The molecule has 0 radical (unpaired) electrons. The van der Waals surface area contributed by atoms with Gasteiger partial charge in [-0.05, 0) is 31.5 Å². The maximum Gasteiger partial charge on any atom is 0.253 e. The molecule has 0 saturated carbocycles. The fourth-order valence-electron chi connectivity index (χ4n) is 3.67. The lowest BCUT2D eigenvalue weighted by atomic mass is 9.97. The Morgan fingerprint density at radius 2 is 1.74 bits per heavy atom. The van der Waals surface area contributed by atoms with Crippen LogP contribution in [-0.2, 0) is 4.79 Å². The maximum atomic E-state index is 13.5. The van der Waals surface area contributed by atoms with Crippen LogP contribution >= 0.6 is 0 Å². The van der Waals surface area contributed by atoms with E-state index in [1.807, 2.05) is 44.2 Å². The van der Waals surface area contributed by atoms with Gasteiger partial charge in [0.25, 0.3) is 5.91 Å². The van der Waals surface area contributed by atoms with Crippen molar-refractivity contribution in [2.45, 2.75) is 26.8 Å². The first kappa shape index (κ1) is 22.7. The number of hydrogen-bond acceptors (Lipinski definition) is 6. The molecule has 0 fully saturated rings. The lowest BCUT2D eigenvalue weighted by Crippen LogP contribution is -2.31. The van der Waals surface area contributed by atoms with Crippen LogP contribution in [-0.4, -0.2) is 31.8 Å². The second-order valence-corrected chi connectivity index (χ2v) is 7.82. The first-order valence-electron chi connectivity index (χ1n) is 10.8. The molecule has 0 spiro atoms. The lowest BCUT2D eigenvalue weighted by molar-refractivity contribution is -0.115. The summed E-state index contributed by atoms with van der Waals surface area (Å²) in [6.45, 7) is 5.28. The maximum absolute atomic E-state index is 13.5. The van der Waals surface area contributed by atoms with Gasteiger partial charge < -0.3 is 5.32 Å². The molecule has 2 amide bonds. The van der Waals surface area contributed by atoms with Gasteiger partial charge in [0.15, 0.2) is 0 Å². The Morgan fingerprint density at radius 1 is 0.941 bits per heavy atom. The highest BCUT2D eigenvalue weighted by atomic mass is 16.2. The summed E-state index contributed by atoms with van der Waals surface area (Å²) in [6, 6.07) is 14.6. The lowest BCUT2D eigenvalue weighted by Gasteiger charge is -2.26. The normalized spacial score (nSPS) is 11.5. The molecule has 4 aromatic rings. The molecule has 8 nitrogen and oxygen atoms in total. The Balaban J connectivity index is 1.86. The SMILES string of the molecule is CC(=O)N(c1ccncn1)c1c(C(=O)NC(C)c2cnccn2)cccc1-c1ccc(C)cc1. The van der Waals surface area contributed by atoms with E-state index in [9.17, 15) is 9.59 Å². The van der Waals surface area contributed by atoms with E-state index in [1.54, 1.807) is 43.0 Å². The van der Waals surface area contributed by atoms with E-state index >= 15 is 0 Å². The third kappa shape index (κ3) is 4.80. The number of para-hydroxylation sites is 1. The van der Waals surface area contributed by atoms with E-state index in [-0.39, 0.29) is 17.9 Å². The van der Waals surface area contributed by atoms with Gasteiger partial charge in [0.2, 0.25) is 5.91 Å². The second-order valence-electron chi connectivity index (χ2n) is 7.82. The van der Waals surface area contributed by atoms with Crippen molar-refractivity contribution >= 4 is 23.3 Å². The summed E-state index contributed by atoms with van der Waals surface area (Å²) in [7, 11) is 0. The van der Waals surface area contributed by atoms with Crippen molar-refractivity contribution in [2.75, 3.05) is 4.90 Å². The van der Waals surface area contributed by atoms with Crippen LogP contribution in [0.25, 0.3) is 11.1 Å². The quantitative estimate of drug-likeness (QED) is 0.465. The van der Waals surface area contributed by atoms with E-state index in [0.29, 0.717) is 22.8 Å². The third-order valence-corrected chi connectivity index (χ3v) is 5.35. The summed E-state index contributed by atoms with van der Waals surface area (Å²) >= 11 is 0. The van der Waals surface area contributed by atoms with Crippen LogP contribution in [0.3, 0.4) is 0 Å². The molecule has 1 N–H and O–H groups in total. The standard InChI is InChI=1S/C26H24N6O2/c1-17-7-9-20(10-8-17)21-5-4-6-22(26(34)31-18(2)23-15-27-13-14-29-23)25(21)32(19(3)33)24-11-12-28-16-30-24/h4-16,18H,1-3H3,(H,31,34). The van der Waals surface area contributed by atoms with E-state index < -0.39 is 0 Å². The van der Waals surface area contributed by atoms with Crippen LogP contribution < -0.4 is 10.2 Å². The van der Waals surface area contributed by atoms with E-state index in [4.69, 9.17) is 0 Å². The highest BCUT2D eigenvalue weighted by Gasteiger charge is 2.26. The molecule has 2 aromatic heterocycles. The van der Waals surface area contributed by atoms with Crippen molar-refractivity contribution < 1.29 is 9.59 Å². The number of carbonyl (C=O) groups is 2. The number of carbonyl (C=O) groups excluding carboxylic acids is 2.